The van der Waals surface area contributed by atoms with Gasteiger partial charge in [0.1, 0.15) is 5.75 Å². The Balaban J connectivity index is 1.50. The number of ether oxygens (including phenoxy) is 2. The van der Waals surface area contributed by atoms with Crippen molar-refractivity contribution in [3.05, 3.63) is 29.3 Å². The van der Waals surface area contributed by atoms with Crippen LogP contribution in [0.5, 0.6) is 5.75 Å². The van der Waals surface area contributed by atoms with Crippen LogP contribution in [-0.4, -0.2) is 38.3 Å². The van der Waals surface area contributed by atoms with Crippen molar-refractivity contribution in [1.29, 1.82) is 0 Å². The van der Waals surface area contributed by atoms with Crippen LogP contribution in [0.15, 0.2) is 18.2 Å². The van der Waals surface area contributed by atoms with Gasteiger partial charge in [-0.25, -0.2) is 4.79 Å². The Bertz CT molecular complexity index is 564. The molecule has 5 heteroatoms. The molecule has 24 heavy (non-hydrogen) atoms. The first-order chi connectivity index (χ1) is 11.7. The van der Waals surface area contributed by atoms with Crippen LogP contribution in [0, 0.1) is 0 Å². The van der Waals surface area contributed by atoms with Crippen LogP contribution < -0.4 is 15.4 Å². The van der Waals surface area contributed by atoms with E-state index in [9.17, 15) is 4.79 Å². The SMILES string of the molecule is COC(=O)c1ccc(CNC2CCC(NC3CC3)CC2)c(OC)c1. The van der Waals surface area contributed by atoms with E-state index >= 15 is 0 Å². The number of carbonyl (C=O) groups is 1. The highest BCUT2D eigenvalue weighted by Gasteiger charge is 2.27. The minimum Gasteiger partial charge on any atom is -0.496 e. The van der Waals surface area contributed by atoms with Crippen molar-refractivity contribution in [2.45, 2.75) is 63.2 Å². The normalized spacial score (nSPS) is 23.8. The number of carbonyl (C=O) groups excluding carboxylic acids is 1. The quantitative estimate of drug-likeness (QED) is 0.752. The molecular formula is C19H28N2O3. The van der Waals surface area contributed by atoms with Gasteiger partial charge in [-0.15, -0.1) is 0 Å². The van der Waals surface area contributed by atoms with Gasteiger partial charge in [-0.1, -0.05) is 6.07 Å². The van der Waals surface area contributed by atoms with Crippen molar-refractivity contribution < 1.29 is 14.3 Å². The Morgan fingerprint density at radius 1 is 1.04 bits per heavy atom. The average molecular weight is 332 g/mol. The number of hydrogen-bond donors (Lipinski definition) is 2. The zero-order valence-corrected chi connectivity index (χ0v) is 14.6. The number of rotatable bonds is 7. The maximum Gasteiger partial charge on any atom is 0.337 e. The van der Waals surface area contributed by atoms with Gasteiger partial charge in [0.05, 0.1) is 19.8 Å². The molecule has 0 spiro atoms. The highest BCUT2D eigenvalue weighted by Crippen LogP contribution is 2.26. The molecule has 2 fully saturated rings. The third kappa shape index (κ3) is 4.48. The van der Waals surface area contributed by atoms with Crippen molar-refractivity contribution in [2.24, 2.45) is 0 Å². The Morgan fingerprint density at radius 3 is 2.25 bits per heavy atom. The fraction of sp³-hybridized carbons (Fsp3) is 0.632. The second-order valence-corrected chi connectivity index (χ2v) is 6.89. The minimum atomic E-state index is -0.339. The topological polar surface area (TPSA) is 59.6 Å². The predicted octanol–water partition coefficient (Wildman–Crippen LogP) is 2.63. The molecule has 0 aromatic heterocycles. The van der Waals surface area contributed by atoms with Gasteiger partial charge in [0.2, 0.25) is 0 Å². The van der Waals surface area contributed by atoms with E-state index in [1.165, 1.54) is 45.6 Å². The summed E-state index contributed by atoms with van der Waals surface area (Å²) in [5, 5.41) is 7.38. The molecule has 2 aliphatic carbocycles. The van der Waals surface area contributed by atoms with Gasteiger partial charge in [0, 0.05) is 30.2 Å². The molecule has 0 heterocycles. The third-order valence-electron chi connectivity index (χ3n) is 5.07. The van der Waals surface area contributed by atoms with E-state index in [0.717, 1.165) is 23.9 Å². The zero-order valence-electron chi connectivity index (χ0n) is 14.6. The van der Waals surface area contributed by atoms with Crippen LogP contribution in [-0.2, 0) is 11.3 Å². The summed E-state index contributed by atoms with van der Waals surface area (Å²) in [6.07, 6.45) is 7.66. The van der Waals surface area contributed by atoms with E-state index in [1.807, 2.05) is 6.07 Å². The number of hydrogen-bond acceptors (Lipinski definition) is 5. The molecule has 1 aromatic rings. The molecule has 0 radical (unpaired) electrons. The van der Waals surface area contributed by atoms with Gasteiger partial charge >= 0.3 is 5.97 Å². The smallest absolute Gasteiger partial charge is 0.337 e. The lowest BCUT2D eigenvalue weighted by atomic mass is 9.91. The molecule has 132 valence electrons. The molecule has 2 saturated carbocycles. The van der Waals surface area contributed by atoms with Crippen LogP contribution >= 0.6 is 0 Å². The van der Waals surface area contributed by atoms with Gasteiger partial charge in [0.15, 0.2) is 0 Å². The van der Waals surface area contributed by atoms with E-state index in [2.05, 4.69) is 10.6 Å². The first kappa shape index (κ1) is 17.2. The van der Waals surface area contributed by atoms with Crippen LogP contribution in [0.4, 0.5) is 0 Å². The molecule has 0 aliphatic heterocycles. The third-order valence-corrected chi connectivity index (χ3v) is 5.07. The lowest BCUT2D eigenvalue weighted by Crippen LogP contribution is -2.40. The molecule has 5 nitrogen and oxygen atoms in total. The van der Waals surface area contributed by atoms with Gasteiger partial charge in [-0.05, 0) is 50.7 Å². The van der Waals surface area contributed by atoms with Crippen LogP contribution in [0.25, 0.3) is 0 Å². The number of benzene rings is 1. The van der Waals surface area contributed by atoms with E-state index in [1.54, 1.807) is 19.2 Å². The van der Waals surface area contributed by atoms with Crippen LogP contribution in [0.1, 0.15) is 54.4 Å². The number of methoxy groups -OCH3 is 2. The average Bonchev–Trinajstić information content (AvgIpc) is 3.44. The maximum absolute atomic E-state index is 11.6. The van der Waals surface area contributed by atoms with Gasteiger partial charge < -0.3 is 20.1 Å². The molecule has 2 N–H and O–H groups in total. The summed E-state index contributed by atoms with van der Waals surface area (Å²) in [6.45, 7) is 0.760. The van der Waals surface area contributed by atoms with Gasteiger partial charge in [-0.3, -0.25) is 0 Å². The molecule has 3 rings (SSSR count). The second-order valence-electron chi connectivity index (χ2n) is 6.89. The number of esters is 1. The predicted molar refractivity (Wildman–Crippen MR) is 93.4 cm³/mol. The fourth-order valence-corrected chi connectivity index (χ4v) is 3.44. The summed E-state index contributed by atoms with van der Waals surface area (Å²) in [4.78, 5) is 11.6. The van der Waals surface area contributed by atoms with Crippen molar-refractivity contribution in [3.63, 3.8) is 0 Å². The fourth-order valence-electron chi connectivity index (χ4n) is 3.44. The second kappa shape index (κ2) is 7.99. The summed E-state index contributed by atoms with van der Waals surface area (Å²) < 4.78 is 10.2. The Labute approximate surface area is 144 Å². The highest BCUT2D eigenvalue weighted by atomic mass is 16.5. The Hall–Kier alpha value is -1.59. The molecule has 2 aliphatic rings. The lowest BCUT2D eigenvalue weighted by molar-refractivity contribution is 0.0600. The van der Waals surface area contributed by atoms with Crippen molar-refractivity contribution in [1.82, 2.24) is 10.6 Å². The first-order valence-corrected chi connectivity index (χ1v) is 8.94. The molecule has 0 saturated heterocycles. The molecule has 0 amide bonds. The van der Waals surface area contributed by atoms with E-state index in [-0.39, 0.29) is 5.97 Å². The van der Waals surface area contributed by atoms with Crippen molar-refractivity contribution in [3.8, 4) is 5.75 Å². The van der Waals surface area contributed by atoms with Crippen LogP contribution in [0.3, 0.4) is 0 Å². The Kier molecular flexibility index (Phi) is 5.74. The maximum atomic E-state index is 11.6. The molecular weight excluding hydrogens is 304 g/mol. The molecule has 0 atom stereocenters. The molecule has 1 aromatic carbocycles. The van der Waals surface area contributed by atoms with Crippen molar-refractivity contribution in [2.75, 3.05) is 14.2 Å². The zero-order chi connectivity index (χ0) is 16.9. The number of nitrogens with one attached hydrogen (secondary N) is 2. The lowest BCUT2D eigenvalue weighted by Gasteiger charge is -2.30. The summed E-state index contributed by atoms with van der Waals surface area (Å²) in [5.74, 6) is 0.392. The summed E-state index contributed by atoms with van der Waals surface area (Å²) >= 11 is 0. The van der Waals surface area contributed by atoms with E-state index < -0.39 is 0 Å². The monoisotopic (exact) mass is 332 g/mol. The summed E-state index contributed by atoms with van der Waals surface area (Å²) in [5.41, 5.74) is 1.59. The highest BCUT2D eigenvalue weighted by molar-refractivity contribution is 5.89. The largest absolute Gasteiger partial charge is 0.496 e. The molecule has 0 unspecified atom stereocenters. The minimum absolute atomic E-state index is 0.339. The van der Waals surface area contributed by atoms with E-state index in [4.69, 9.17) is 9.47 Å². The van der Waals surface area contributed by atoms with Gasteiger partial charge in [0.25, 0.3) is 0 Å². The first-order valence-electron chi connectivity index (χ1n) is 8.94. The Morgan fingerprint density at radius 2 is 1.67 bits per heavy atom. The van der Waals surface area contributed by atoms with Crippen LogP contribution in [0.2, 0.25) is 0 Å². The summed E-state index contributed by atoms with van der Waals surface area (Å²) in [6, 6.07) is 7.56. The summed E-state index contributed by atoms with van der Waals surface area (Å²) in [7, 11) is 3.02. The van der Waals surface area contributed by atoms with Gasteiger partial charge in [-0.2, -0.15) is 0 Å². The van der Waals surface area contributed by atoms with E-state index in [0.29, 0.717) is 17.6 Å². The standard InChI is InChI=1S/C19H28N2O3/c1-23-18-11-13(19(22)24-2)3-4-14(18)12-20-15-5-7-16(8-6-15)21-17-9-10-17/h3-4,11,15-17,20-21H,5-10,12H2,1-2H3. The van der Waals surface area contributed by atoms with Crippen molar-refractivity contribution >= 4 is 5.97 Å². The molecule has 0 bridgehead atoms.